The van der Waals surface area contributed by atoms with E-state index < -0.39 is 0 Å². The Bertz CT molecular complexity index is 456. The summed E-state index contributed by atoms with van der Waals surface area (Å²) in [5, 5.41) is 7.04. The number of hydrogen-bond acceptors (Lipinski definition) is 3. The molecule has 0 aromatic rings. The summed E-state index contributed by atoms with van der Waals surface area (Å²) in [6, 6.07) is 0.526. The van der Waals surface area contributed by atoms with Crippen molar-refractivity contribution >= 4 is 29.9 Å². The lowest BCUT2D eigenvalue weighted by molar-refractivity contribution is 0.0413. The zero-order valence-corrected chi connectivity index (χ0v) is 21.2. The number of nitrogens with zero attached hydrogens (tertiary/aromatic N) is 2. The number of piperidine rings is 1. The van der Waals surface area contributed by atoms with Crippen LogP contribution in [0.15, 0.2) is 17.1 Å². The Balaban J connectivity index is 0.00000420. The van der Waals surface area contributed by atoms with E-state index in [9.17, 15) is 0 Å². The molecule has 29 heavy (non-hydrogen) atoms. The minimum Gasteiger partial charge on any atom is -0.378 e. The van der Waals surface area contributed by atoms with E-state index in [2.05, 4.69) is 36.0 Å². The van der Waals surface area contributed by atoms with Crippen molar-refractivity contribution in [2.45, 2.75) is 90.2 Å². The standard InChI is InChI=1S/C23H44N4O.HI/c1-4-24-23(26-21-13-16-27(17-14-21)19-20(2)3)25-15-9-10-18-28-22-11-7-5-6-8-12-22;/h21-22H,2,4-19H2,1,3H3,(H2,24,25,26);1H. The van der Waals surface area contributed by atoms with Gasteiger partial charge in [-0.2, -0.15) is 0 Å². The fourth-order valence-electron chi connectivity index (χ4n) is 4.19. The van der Waals surface area contributed by atoms with Crippen LogP contribution in [-0.2, 0) is 4.74 Å². The zero-order chi connectivity index (χ0) is 20.0. The molecule has 170 valence electrons. The van der Waals surface area contributed by atoms with Crippen LogP contribution >= 0.6 is 24.0 Å². The van der Waals surface area contributed by atoms with Crippen LogP contribution in [0.1, 0.15) is 78.1 Å². The average molecular weight is 521 g/mol. The SMILES string of the molecule is C=C(C)CN1CCC(NC(=NCCCCOC2CCCCCC2)NCC)CC1.I. The van der Waals surface area contributed by atoms with Gasteiger partial charge in [0.25, 0.3) is 0 Å². The fraction of sp³-hybridized carbons (Fsp3) is 0.870. The van der Waals surface area contributed by atoms with Gasteiger partial charge in [0.15, 0.2) is 5.96 Å². The Morgan fingerprint density at radius 2 is 1.76 bits per heavy atom. The maximum absolute atomic E-state index is 6.09. The van der Waals surface area contributed by atoms with Gasteiger partial charge in [-0.3, -0.25) is 9.89 Å². The summed E-state index contributed by atoms with van der Waals surface area (Å²) >= 11 is 0. The Labute approximate surface area is 196 Å². The van der Waals surface area contributed by atoms with Crippen molar-refractivity contribution in [1.29, 1.82) is 0 Å². The van der Waals surface area contributed by atoms with Crippen molar-refractivity contribution in [1.82, 2.24) is 15.5 Å². The summed E-state index contributed by atoms with van der Waals surface area (Å²) in [6.45, 7) is 14.3. The first kappa shape index (κ1) is 26.7. The second-order valence-corrected chi connectivity index (χ2v) is 8.60. The van der Waals surface area contributed by atoms with Gasteiger partial charge in [-0.1, -0.05) is 37.8 Å². The van der Waals surface area contributed by atoms with E-state index in [4.69, 9.17) is 9.73 Å². The number of likely N-dealkylation sites (tertiary alicyclic amines) is 1. The summed E-state index contributed by atoms with van der Waals surface area (Å²) in [6.07, 6.45) is 13.1. The number of unbranched alkanes of at least 4 members (excludes halogenated alkanes) is 1. The fourth-order valence-corrected chi connectivity index (χ4v) is 4.19. The molecule has 0 aromatic heterocycles. The van der Waals surface area contributed by atoms with Gasteiger partial charge in [-0.15, -0.1) is 24.0 Å². The quantitative estimate of drug-likeness (QED) is 0.109. The summed E-state index contributed by atoms with van der Waals surface area (Å²) < 4.78 is 6.09. The molecule has 5 nitrogen and oxygen atoms in total. The predicted octanol–water partition coefficient (Wildman–Crippen LogP) is 4.72. The molecule has 0 radical (unpaired) electrons. The molecule has 0 bridgehead atoms. The van der Waals surface area contributed by atoms with Gasteiger partial charge in [-0.25, -0.2) is 0 Å². The minimum absolute atomic E-state index is 0. The van der Waals surface area contributed by atoms with Crippen LogP contribution in [0.3, 0.4) is 0 Å². The molecule has 1 heterocycles. The summed E-state index contributed by atoms with van der Waals surface area (Å²) in [4.78, 5) is 7.28. The lowest BCUT2D eigenvalue weighted by Crippen LogP contribution is -2.48. The van der Waals surface area contributed by atoms with E-state index in [0.717, 1.165) is 58.1 Å². The first-order valence-corrected chi connectivity index (χ1v) is 11.7. The Kier molecular flexibility index (Phi) is 15.1. The molecule has 6 heteroatoms. The van der Waals surface area contributed by atoms with E-state index in [1.165, 1.54) is 56.9 Å². The predicted molar refractivity (Wildman–Crippen MR) is 135 cm³/mol. The number of rotatable bonds is 10. The average Bonchev–Trinajstić information content (AvgIpc) is 2.94. The van der Waals surface area contributed by atoms with E-state index >= 15 is 0 Å². The molecule has 1 saturated carbocycles. The Hall–Kier alpha value is -0.340. The third kappa shape index (κ3) is 12.2. The topological polar surface area (TPSA) is 48.9 Å². The molecule has 0 spiro atoms. The highest BCUT2D eigenvalue weighted by atomic mass is 127. The van der Waals surface area contributed by atoms with Gasteiger partial charge in [-0.05, 0) is 52.4 Å². The van der Waals surface area contributed by atoms with Gasteiger partial charge in [0.05, 0.1) is 6.10 Å². The van der Waals surface area contributed by atoms with Crippen molar-refractivity contribution < 1.29 is 4.74 Å². The highest BCUT2D eigenvalue weighted by Crippen LogP contribution is 2.20. The van der Waals surface area contributed by atoms with E-state index in [1.807, 2.05) is 0 Å². The highest BCUT2D eigenvalue weighted by Gasteiger charge is 2.19. The third-order valence-corrected chi connectivity index (χ3v) is 5.74. The van der Waals surface area contributed by atoms with Crippen LogP contribution in [-0.4, -0.2) is 62.3 Å². The summed E-state index contributed by atoms with van der Waals surface area (Å²) in [7, 11) is 0. The number of aliphatic imine (C=N–C) groups is 1. The van der Waals surface area contributed by atoms with Crippen molar-refractivity contribution in [2.75, 3.05) is 39.3 Å². The Morgan fingerprint density at radius 3 is 2.38 bits per heavy atom. The molecular formula is C23H45IN4O. The van der Waals surface area contributed by atoms with Gasteiger partial charge < -0.3 is 15.4 Å². The maximum Gasteiger partial charge on any atom is 0.191 e. The molecule has 0 aromatic carbocycles. The minimum atomic E-state index is 0. The molecule has 0 unspecified atom stereocenters. The Morgan fingerprint density at radius 1 is 1.07 bits per heavy atom. The lowest BCUT2D eigenvalue weighted by atomic mass is 10.0. The molecule has 1 aliphatic heterocycles. The van der Waals surface area contributed by atoms with Crippen molar-refractivity contribution in [3.05, 3.63) is 12.2 Å². The largest absolute Gasteiger partial charge is 0.378 e. The molecular weight excluding hydrogens is 475 g/mol. The summed E-state index contributed by atoms with van der Waals surface area (Å²) in [5.74, 6) is 0.977. The monoisotopic (exact) mass is 520 g/mol. The van der Waals surface area contributed by atoms with Crippen LogP contribution in [0.5, 0.6) is 0 Å². The smallest absolute Gasteiger partial charge is 0.191 e. The maximum atomic E-state index is 6.09. The van der Waals surface area contributed by atoms with Gasteiger partial charge in [0.2, 0.25) is 0 Å². The molecule has 1 saturated heterocycles. The van der Waals surface area contributed by atoms with E-state index in [1.54, 1.807) is 0 Å². The number of ether oxygens (including phenoxy) is 1. The van der Waals surface area contributed by atoms with Crippen LogP contribution in [0, 0.1) is 0 Å². The van der Waals surface area contributed by atoms with Gasteiger partial charge in [0.1, 0.15) is 0 Å². The second kappa shape index (κ2) is 16.4. The lowest BCUT2D eigenvalue weighted by Gasteiger charge is -2.33. The number of guanidine groups is 1. The van der Waals surface area contributed by atoms with Crippen LogP contribution < -0.4 is 10.6 Å². The normalized spacial score (nSPS) is 20.0. The molecule has 1 aliphatic carbocycles. The second-order valence-electron chi connectivity index (χ2n) is 8.60. The molecule has 2 aliphatic rings. The molecule has 0 amide bonds. The zero-order valence-electron chi connectivity index (χ0n) is 18.9. The van der Waals surface area contributed by atoms with Crippen LogP contribution in [0.25, 0.3) is 0 Å². The third-order valence-electron chi connectivity index (χ3n) is 5.74. The van der Waals surface area contributed by atoms with Gasteiger partial charge in [0, 0.05) is 45.4 Å². The van der Waals surface area contributed by atoms with E-state index in [0.29, 0.717) is 12.1 Å². The summed E-state index contributed by atoms with van der Waals surface area (Å²) in [5.41, 5.74) is 1.25. The molecule has 2 rings (SSSR count). The molecule has 2 fully saturated rings. The van der Waals surface area contributed by atoms with Crippen molar-refractivity contribution in [2.24, 2.45) is 4.99 Å². The van der Waals surface area contributed by atoms with Crippen LogP contribution in [0.4, 0.5) is 0 Å². The molecule has 0 atom stereocenters. The number of hydrogen-bond donors (Lipinski definition) is 2. The van der Waals surface area contributed by atoms with E-state index in [-0.39, 0.29) is 24.0 Å². The first-order chi connectivity index (χ1) is 13.7. The number of nitrogens with one attached hydrogen (secondary N) is 2. The highest BCUT2D eigenvalue weighted by molar-refractivity contribution is 14.0. The van der Waals surface area contributed by atoms with Crippen LogP contribution in [0.2, 0.25) is 0 Å². The first-order valence-electron chi connectivity index (χ1n) is 11.7. The molecule has 2 N–H and O–H groups in total. The number of halogens is 1. The van der Waals surface area contributed by atoms with Crippen molar-refractivity contribution in [3.63, 3.8) is 0 Å². The van der Waals surface area contributed by atoms with Gasteiger partial charge >= 0.3 is 0 Å². The van der Waals surface area contributed by atoms with Crippen molar-refractivity contribution in [3.8, 4) is 0 Å².